The van der Waals surface area contributed by atoms with Crippen LogP contribution in [0.2, 0.25) is 36.1 Å². The number of ether oxygens (including phenoxy) is 2. The monoisotopic (exact) mass is 2270 g/mol. The maximum absolute atomic E-state index is 12.3. The van der Waals surface area contributed by atoms with E-state index in [1.807, 2.05) is 110 Å². The van der Waals surface area contributed by atoms with E-state index >= 15 is 0 Å². The van der Waals surface area contributed by atoms with Crippen molar-refractivity contribution in [2.75, 3.05) is 13.2 Å². The molecule has 27 nitrogen and oxygen atoms in total. The maximum Gasteiger partial charge on any atom is 0.534 e. The average Bonchev–Trinajstić information content (AvgIpc) is 1.30. The Labute approximate surface area is 791 Å². The van der Waals surface area contributed by atoms with Crippen LogP contribution in [-0.2, 0) is 28.9 Å². The lowest BCUT2D eigenvalue weighted by Crippen LogP contribution is -2.41. The van der Waals surface area contributed by atoms with E-state index in [4.69, 9.17) is 111 Å². The molecule has 0 radical (unpaired) electrons. The highest BCUT2D eigenvalue weighted by molar-refractivity contribution is 14.1. The first-order chi connectivity index (χ1) is 56.4. The molecule has 11 aromatic rings. The van der Waals surface area contributed by atoms with Crippen molar-refractivity contribution in [3.63, 3.8) is 0 Å². The molecule has 1 aliphatic rings. The molecule has 656 valence electrons. The van der Waals surface area contributed by atoms with Gasteiger partial charge in [-0.2, -0.15) is 21.6 Å². The number of rotatable bonds is 11. The highest BCUT2D eigenvalue weighted by Crippen LogP contribution is 2.38. The van der Waals surface area contributed by atoms with Gasteiger partial charge in [0.2, 0.25) is 5.88 Å². The summed E-state index contributed by atoms with van der Waals surface area (Å²) in [6, 6.07) is 12.2. The first-order valence-electron chi connectivity index (χ1n) is 35.1. The van der Waals surface area contributed by atoms with Crippen molar-refractivity contribution in [2.24, 2.45) is 5.73 Å². The molecular formula is C77H79BBr5Cl7F3IN14O13S. The predicted octanol–water partition coefficient (Wildman–Crippen LogP) is 22.2. The second-order valence-corrected chi connectivity index (χ2v) is 38.2. The Balaban J connectivity index is 0.000000292. The fourth-order valence-electron chi connectivity index (χ4n) is 8.61. The normalized spacial score (nSPS) is 12.7. The molecule has 11 aromatic heterocycles. The molecule has 1 aliphatic heterocycles. The molecule has 12 heterocycles. The molecule has 2 amide bonds. The Morgan fingerprint density at radius 3 is 1.41 bits per heavy atom. The molecule has 1 saturated heterocycles. The Kier molecular flexibility index (Phi) is 42.7. The molecule has 7 N–H and O–H groups in total. The minimum absolute atomic E-state index is 0. The van der Waals surface area contributed by atoms with Crippen molar-refractivity contribution < 1.29 is 64.0 Å². The van der Waals surface area contributed by atoms with E-state index in [9.17, 15) is 45.6 Å². The number of nitrogens with zero attached hydrogens (tertiary/aromatic N) is 9. The van der Waals surface area contributed by atoms with Gasteiger partial charge in [-0.25, -0.2) is 49.7 Å². The Morgan fingerprint density at radius 2 is 0.926 bits per heavy atom. The average molecular weight is 2280 g/mol. The van der Waals surface area contributed by atoms with E-state index in [0.717, 1.165) is 46.5 Å². The van der Waals surface area contributed by atoms with E-state index in [2.05, 4.69) is 172 Å². The smallest absolute Gasteiger partial charge is 0.502 e. The van der Waals surface area contributed by atoms with E-state index in [1.165, 1.54) is 30.7 Å². The third kappa shape index (κ3) is 36.4. The molecule has 0 spiro atoms. The summed E-state index contributed by atoms with van der Waals surface area (Å²) in [5, 5.41) is 21.2. The quantitative estimate of drug-likeness (QED) is 0.0175. The van der Waals surface area contributed by atoms with Crippen LogP contribution in [0, 0.1) is 3.70 Å². The molecule has 0 unspecified atom stereocenters. The molecule has 1 fully saturated rings. The first kappa shape index (κ1) is 108. The summed E-state index contributed by atoms with van der Waals surface area (Å²) in [5.74, 6) is -0.322. The zero-order valence-corrected chi connectivity index (χ0v) is 83.4. The molecule has 0 atom stereocenters. The number of aromatic amines is 2. The van der Waals surface area contributed by atoms with Crippen molar-refractivity contribution in [3.8, 4) is 5.88 Å². The number of aromatic carboxylic acids is 1. The Hall–Kier alpha value is -6.58. The number of aromatic nitrogens is 11. The summed E-state index contributed by atoms with van der Waals surface area (Å²) in [7, 11) is -6.11. The molecule has 0 bridgehead atoms. The number of carboxylic acids is 1. The van der Waals surface area contributed by atoms with Gasteiger partial charge in [-0.3, -0.25) is 19.2 Å². The molecular weight excluding hydrogens is 2200 g/mol. The lowest BCUT2D eigenvalue weighted by molar-refractivity contribution is -0.0501. The number of carbonyl (C=O) groups excluding carboxylic acids is 2. The van der Waals surface area contributed by atoms with Gasteiger partial charge in [0.25, 0.3) is 22.9 Å². The van der Waals surface area contributed by atoms with Gasteiger partial charge in [-0.15, -0.1) is 0 Å². The van der Waals surface area contributed by atoms with Gasteiger partial charge >= 0.3 is 28.7 Å². The molecule has 122 heavy (non-hydrogen) atoms. The number of amides is 2. The van der Waals surface area contributed by atoms with Crippen molar-refractivity contribution in [1.29, 1.82) is 0 Å². The fourth-order valence-corrected chi connectivity index (χ4v) is 12.8. The van der Waals surface area contributed by atoms with Crippen LogP contribution >= 0.6 is 183 Å². The standard InChI is InChI=1S/C14H19ClN2O2.C10H19BO3.C10H12BrClN2O.C9H3BrClF3N2O3S.C8H3BrClIN2.C8H4BrClN2O.C8H5ClN2O.C6H3BrClNO2.C4H11N/c1-5-19-7-6-10-9-16-12(15)8-11(10)13(18)17-14(2,3)4;1-6-12-8-7-11-13-9(2,3)10(4,5)14-11;1-10(2,3)14-9(15)6-4-8(12)13-5-7(6)11;10-6-3-16-8(19-20(17,18)9(12,13)14)4-1-7(11)15-2-5(4)6;9-6-3-13-8(11)4-1-7(10)12-2-5(4)6;9-6-3-12-8(13)4-1-7(10)11-2-5(4)6;9-7-3-6-5(4-11-7)1-2-10-8(6)12;7-4-2-9-5(8)1-3(4)6(10)11;1-4(2,3)5/h6-9H,5H2,1-4H3,(H,17,18);7-8H,6H2,1-5H3;4-5H,1-3H3,(H,14,15);1-3H;1-3H;1-3H,(H,12,13);1-4H,(H,10,12);1-2H,(H,10,11);5H2,1-3H3/b7-6+;8-7+;;;;;;;. The van der Waals surface area contributed by atoms with E-state index in [0.29, 0.717) is 80.1 Å². The van der Waals surface area contributed by atoms with Crippen molar-refractivity contribution >= 4 is 268 Å². The van der Waals surface area contributed by atoms with Crippen molar-refractivity contribution in [1.82, 2.24) is 65.5 Å². The van der Waals surface area contributed by atoms with Crippen LogP contribution in [0.3, 0.4) is 0 Å². The summed E-state index contributed by atoms with van der Waals surface area (Å²) in [6.45, 7) is 30.6. The highest BCUT2D eigenvalue weighted by Gasteiger charge is 2.51. The summed E-state index contributed by atoms with van der Waals surface area (Å²) >= 11 is 58.0. The number of carboxylic acid groups (broad SMARTS) is 1. The zero-order valence-electron chi connectivity index (χ0n) is 67.2. The molecule has 12 rings (SSSR count). The maximum atomic E-state index is 12.3. The number of nitrogens with one attached hydrogen (secondary N) is 4. The second-order valence-electron chi connectivity index (χ2n) is 28.6. The fraction of sp³-hybridized carbons (Fsp3) is 0.299. The van der Waals surface area contributed by atoms with Gasteiger partial charge < -0.3 is 54.4 Å². The SMILES string of the molecule is CC(C)(C)N.CC(C)(C)NC(=O)c1cc(Cl)ncc1Br.CCO/C=C/B1OC(C)(C)C(C)(C)O1.CCO/C=C/c1cnc(Cl)cc1C(=O)NC(C)(C)C.Clc1cc2c(I)ncc(Br)c2cn1.O=C(O)c1cc(Cl)ncc1Br.O=S(=O)(Oc1ncc(Br)c2cnc(Cl)cc12)C(F)(F)F.O=c1[nH]cc(Br)c2cnc(Cl)cc12.O=c1[nH]ccc2cnc(Cl)cc12. The van der Waals surface area contributed by atoms with E-state index in [1.54, 1.807) is 92.2 Å². The van der Waals surface area contributed by atoms with Crippen molar-refractivity contribution in [2.45, 2.75) is 137 Å². The number of carbonyl (C=O) groups is 3. The largest absolute Gasteiger partial charge is 0.534 e. The van der Waals surface area contributed by atoms with Gasteiger partial charge in [0, 0.05) is 135 Å². The number of hydrogen-bond donors (Lipinski definition) is 6. The van der Waals surface area contributed by atoms with Gasteiger partial charge in [-0.1, -0.05) is 81.2 Å². The summed E-state index contributed by atoms with van der Waals surface area (Å²) < 4.78 is 88.6. The lowest BCUT2D eigenvalue weighted by atomic mass is 9.90. The number of fused-ring (bicyclic) bond motifs is 4. The summed E-state index contributed by atoms with van der Waals surface area (Å²) in [5.41, 5.74) is 0.125. The number of H-pyrrole nitrogens is 2. The third-order valence-electron chi connectivity index (χ3n) is 14.6. The molecule has 0 aliphatic carbocycles. The van der Waals surface area contributed by atoms with Crippen LogP contribution < -0.4 is 31.7 Å². The summed E-state index contributed by atoms with van der Waals surface area (Å²) in [6.07, 6.45) is 21.4. The van der Waals surface area contributed by atoms with Crippen LogP contribution in [0.25, 0.3) is 49.2 Å². The van der Waals surface area contributed by atoms with Crippen LogP contribution in [0.15, 0.2) is 167 Å². The highest BCUT2D eigenvalue weighted by atomic mass is 127. The third-order valence-corrected chi connectivity index (χ3v) is 21.0. The van der Waals surface area contributed by atoms with E-state index < -0.39 is 27.5 Å². The number of halogens is 16. The molecule has 0 aromatic carbocycles. The lowest BCUT2D eigenvalue weighted by Gasteiger charge is -2.32. The van der Waals surface area contributed by atoms with Gasteiger partial charge in [-0.05, 0) is 267 Å². The van der Waals surface area contributed by atoms with Crippen molar-refractivity contribution in [3.05, 3.63) is 240 Å². The van der Waals surface area contributed by atoms with Crippen LogP contribution in [-0.4, -0.2) is 140 Å². The summed E-state index contributed by atoms with van der Waals surface area (Å²) in [4.78, 5) is 96.8. The first-order valence-corrected chi connectivity index (χ1v) is 44.2. The topological polar surface area (TPSA) is 384 Å². The van der Waals surface area contributed by atoms with Crippen LogP contribution in [0.5, 0.6) is 5.88 Å². The molecule has 45 heteroatoms. The Bertz CT molecular complexity index is 5790. The Morgan fingerprint density at radius 1 is 0.541 bits per heavy atom. The predicted molar refractivity (Wildman–Crippen MR) is 501 cm³/mol. The number of hydrogen-bond acceptors (Lipinski definition) is 22. The number of pyridine rings is 11. The molecule has 0 saturated carbocycles. The minimum Gasteiger partial charge on any atom is -0.502 e. The number of nitrogens with two attached hydrogens (primary N) is 1. The second kappa shape index (κ2) is 48.4. The van der Waals surface area contributed by atoms with Crippen LogP contribution in [0.1, 0.15) is 140 Å². The van der Waals surface area contributed by atoms with E-state index in [-0.39, 0.29) is 84.3 Å². The van der Waals surface area contributed by atoms with Gasteiger partial charge in [0.1, 0.15) is 39.8 Å². The van der Waals surface area contributed by atoms with Crippen LogP contribution in [0.4, 0.5) is 13.2 Å². The van der Waals surface area contributed by atoms with Gasteiger partial charge in [0.15, 0.2) is 0 Å². The minimum atomic E-state index is -5.81. The zero-order chi connectivity index (χ0) is 92.4. The number of alkyl halides is 3. The van der Waals surface area contributed by atoms with Gasteiger partial charge in [0.05, 0.1) is 74.3 Å².